The number of carbonyl (C=O) groups is 1. The number of carbonyl (C=O) groups excluding carboxylic acids is 1. The van der Waals surface area contributed by atoms with Crippen LogP contribution in [0.25, 0.3) is 0 Å². The van der Waals surface area contributed by atoms with Crippen LogP contribution in [0.5, 0.6) is 11.5 Å². The Morgan fingerprint density at radius 2 is 2.24 bits per heavy atom. The molecule has 8 heteroatoms. The van der Waals surface area contributed by atoms with Gasteiger partial charge in [-0.1, -0.05) is 6.07 Å². The molecule has 0 aliphatic carbocycles. The van der Waals surface area contributed by atoms with Crippen molar-refractivity contribution < 1.29 is 14.3 Å². The number of urea groups is 1. The molecule has 2 aromatic rings. The molecule has 25 heavy (non-hydrogen) atoms. The second-order valence-corrected chi connectivity index (χ2v) is 6.43. The summed E-state index contributed by atoms with van der Waals surface area (Å²) in [5, 5.41) is 11.1. The number of amides is 2. The molecule has 4 rings (SSSR count). The lowest BCUT2D eigenvalue weighted by Gasteiger charge is -2.32. The summed E-state index contributed by atoms with van der Waals surface area (Å²) in [6, 6.07) is 5.66. The molecule has 0 radical (unpaired) electrons. The second kappa shape index (κ2) is 6.62. The van der Waals surface area contributed by atoms with E-state index in [1.54, 1.807) is 6.33 Å². The monoisotopic (exact) mass is 343 g/mol. The van der Waals surface area contributed by atoms with Crippen molar-refractivity contribution in [2.75, 3.05) is 19.9 Å². The summed E-state index contributed by atoms with van der Waals surface area (Å²) in [5.41, 5.74) is 0.986. The maximum absolute atomic E-state index is 12.5. The number of hydrogen-bond acceptors (Lipinski definition) is 5. The summed E-state index contributed by atoms with van der Waals surface area (Å²) in [4.78, 5) is 14.4. The van der Waals surface area contributed by atoms with Crippen LogP contribution >= 0.6 is 0 Å². The highest BCUT2D eigenvalue weighted by Crippen LogP contribution is 2.32. The number of fused-ring (bicyclic) bond motifs is 1. The first-order valence-electron chi connectivity index (χ1n) is 8.46. The number of aromatic nitrogens is 3. The van der Waals surface area contributed by atoms with Crippen LogP contribution in [-0.4, -0.2) is 45.6 Å². The summed E-state index contributed by atoms with van der Waals surface area (Å²) in [7, 11) is 1.94. The van der Waals surface area contributed by atoms with Crippen LogP contribution in [-0.2, 0) is 13.6 Å². The Morgan fingerprint density at radius 3 is 3.08 bits per heavy atom. The minimum absolute atomic E-state index is 0.0514. The molecule has 1 aromatic heterocycles. The number of hydrogen-bond donors (Lipinski definition) is 1. The average Bonchev–Trinajstić information content (AvgIpc) is 3.27. The van der Waals surface area contributed by atoms with Crippen molar-refractivity contribution in [2.45, 2.75) is 25.3 Å². The smallest absolute Gasteiger partial charge is 0.317 e. The number of ether oxygens (including phenoxy) is 2. The van der Waals surface area contributed by atoms with Gasteiger partial charge in [0.05, 0.1) is 0 Å². The molecule has 1 N–H and O–H groups in total. The first-order chi connectivity index (χ1) is 12.2. The zero-order valence-corrected chi connectivity index (χ0v) is 14.1. The van der Waals surface area contributed by atoms with Crippen LogP contribution < -0.4 is 14.8 Å². The van der Waals surface area contributed by atoms with E-state index < -0.39 is 0 Å². The number of benzene rings is 1. The van der Waals surface area contributed by atoms with Gasteiger partial charge in [-0.05, 0) is 30.5 Å². The summed E-state index contributed by atoms with van der Waals surface area (Å²) in [5.74, 6) is 2.65. The quantitative estimate of drug-likeness (QED) is 0.916. The SMILES string of the molecule is Cn1cnnc1[C@H]1CCCN(C(=O)NCc2ccc3c(c2)OCO3)C1. The van der Waals surface area contributed by atoms with Crippen molar-refractivity contribution in [3.05, 3.63) is 35.9 Å². The van der Waals surface area contributed by atoms with Crippen molar-refractivity contribution >= 4 is 6.03 Å². The van der Waals surface area contributed by atoms with E-state index >= 15 is 0 Å². The molecule has 1 aromatic carbocycles. The van der Waals surface area contributed by atoms with Gasteiger partial charge in [0.2, 0.25) is 6.79 Å². The van der Waals surface area contributed by atoms with Gasteiger partial charge >= 0.3 is 6.03 Å². The predicted octanol–water partition coefficient (Wildman–Crippen LogP) is 1.63. The molecule has 8 nitrogen and oxygen atoms in total. The number of piperidine rings is 1. The van der Waals surface area contributed by atoms with Gasteiger partial charge in [-0.2, -0.15) is 0 Å². The molecule has 0 saturated carbocycles. The molecule has 132 valence electrons. The Morgan fingerprint density at radius 1 is 1.36 bits per heavy atom. The highest BCUT2D eigenvalue weighted by Gasteiger charge is 2.27. The molecular formula is C17H21N5O3. The Balaban J connectivity index is 1.35. The van der Waals surface area contributed by atoms with E-state index in [1.165, 1.54) is 0 Å². The van der Waals surface area contributed by atoms with Gasteiger partial charge in [0.1, 0.15) is 12.2 Å². The van der Waals surface area contributed by atoms with E-state index in [0.29, 0.717) is 13.1 Å². The van der Waals surface area contributed by atoms with E-state index in [9.17, 15) is 4.79 Å². The molecule has 3 heterocycles. The second-order valence-electron chi connectivity index (χ2n) is 6.43. The fourth-order valence-corrected chi connectivity index (χ4v) is 3.37. The van der Waals surface area contributed by atoms with E-state index in [2.05, 4.69) is 15.5 Å². The third kappa shape index (κ3) is 3.24. The number of aryl methyl sites for hydroxylation is 1. The van der Waals surface area contributed by atoms with Gasteiger partial charge in [0.25, 0.3) is 0 Å². The molecule has 0 bridgehead atoms. The van der Waals surface area contributed by atoms with Crippen LogP contribution in [0, 0.1) is 0 Å². The normalized spacial score (nSPS) is 19.1. The highest BCUT2D eigenvalue weighted by molar-refractivity contribution is 5.74. The standard InChI is InChI=1S/C17H21N5O3/c1-21-10-19-20-16(21)13-3-2-6-22(9-13)17(23)18-8-12-4-5-14-15(7-12)25-11-24-14/h4-5,7,10,13H,2-3,6,8-9,11H2,1H3,(H,18,23)/t13-/m0/s1. The minimum atomic E-state index is -0.0514. The van der Waals surface area contributed by atoms with Gasteiger partial charge in [0, 0.05) is 32.6 Å². The molecule has 1 fully saturated rings. The molecule has 1 saturated heterocycles. The van der Waals surface area contributed by atoms with Crippen LogP contribution in [0.4, 0.5) is 4.79 Å². The van der Waals surface area contributed by atoms with Crippen molar-refractivity contribution in [2.24, 2.45) is 7.05 Å². The molecule has 2 aliphatic rings. The summed E-state index contributed by atoms with van der Waals surface area (Å²) < 4.78 is 12.6. The van der Waals surface area contributed by atoms with Crippen molar-refractivity contribution in [3.8, 4) is 11.5 Å². The Kier molecular flexibility index (Phi) is 4.17. The van der Waals surface area contributed by atoms with Crippen LogP contribution in [0.1, 0.15) is 30.1 Å². The Labute approximate surface area is 145 Å². The maximum Gasteiger partial charge on any atom is 0.317 e. The molecule has 0 unspecified atom stereocenters. The van der Waals surface area contributed by atoms with E-state index in [1.807, 2.05) is 34.7 Å². The molecule has 0 spiro atoms. The fourth-order valence-electron chi connectivity index (χ4n) is 3.37. The van der Waals surface area contributed by atoms with Gasteiger partial charge in [-0.15, -0.1) is 10.2 Å². The average molecular weight is 343 g/mol. The summed E-state index contributed by atoms with van der Waals surface area (Å²) >= 11 is 0. The molecular weight excluding hydrogens is 322 g/mol. The van der Waals surface area contributed by atoms with E-state index in [-0.39, 0.29) is 18.7 Å². The maximum atomic E-state index is 12.5. The van der Waals surface area contributed by atoms with Crippen molar-refractivity contribution in [1.82, 2.24) is 25.0 Å². The van der Waals surface area contributed by atoms with Gasteiger partial charge < -0.3 is 24.3 Å². The topological polar surface area (TPSA) is 81.5 Å². The van der Waals surface area contributed by atoms with Gasteiger partial charge in [0.15, 0.2) is 11.5 Å². The summed E-state index contributed by atoms with van der Waals surface area (Å²) in [6.45, 7) is 2.14. The van der Waals surface area contributed by atoms with Crippen LogP contribution in [0.15, 0.2) is 24.5 Å². The lowest BCUT2D eigenvalue weighted by atomic mass is 9.97. The number of nitrogens with zero attached hydrogens (tertiary/aromatic N) is 4. The van der Waals surface area contributed by atoms with E-state index in [4.69, 9.17) is 9.47 Å². The Hall–Kier alpha value is -2.77. The number of nitrogens with one attached hydrogen (secondary N) is 1. The fraction of sp³-hybridized carbons (Fsp3) is 0.471. The zero-order valence-electron chi connectivity index (χ0n) is 14.1. The number of likely N-dealkylation sites (tertiary alicyclic amines) is 1. The third-order valence-electron chi connectivity index (χ3n) is 4.70. The minimum Gasteiger partial charge on any atom is -0.454 e. The largest absolute Gasteiger partial charge is 0.454 e. The van der Waals surface area contributed by atoms with Crippen LogP contribution in [0.3, 0.4) is 0 Å². The highest BCUT2D eigenvalue weighted by atomic mass is 16.7. The third-order valence-corrected chi connectivity index (χ3v) is 4.70. The van der Waals surface area contributed by atoms with E-state index in [0.717, 1.165) is 42.3 Å². The molecule has 2 aliphatic heterocycles. The zero-order chi connectivity index (χ0) is 17.2. The summed E-state index contributed by atoms with van der Waals surface area (Å²) in [6.07, 6.45) is 3.70. The first kappa shape index (κ1) is 15.7. The van der Waals surface area contributed by atoms with Crippen molar-refractivity contribution in [3.63, 3.8) is 0 Å². The molecule has 2 amide bonds. The van der Waals surface area contributed by atoms with Crippen LogP contribution in [0.2, 0.25) is 0 Å². The first-order valence-corrected chi connectivity index (χ1v) is 8.46. The van der Waals surface area contributed by atoms with Crippen molar-refractivity contribution in [1.29, 1.82) is 0 Å². The van der Waals surface area contributed by atoms with Gasteiger partial charge in [-0.25, -0.2) is 4.79 Å². The Bertz CT molecular complexity index is 775. The lowest BCUT2D eigenvalue weighted by molar-refractivity contribution is 0.173. The lowest BCUT2D eigenvalue weighted by Crippen LogP contribution is -2.45. The van der Waals surface area contributed by atoms with Gasteiger partial charge in [-0.3, -0.25) is 0 Å². The molecule has 1 atom stereocenters. The number of rotatable bonds is 3. The predicted molar refractivity (Wildman–Crippen MR) is 89.4 cm³/mol.